The Balaban J connectivity index is 1.10. The fourth-order valence-corrected chi connectivity index (χ4v) is 6.68. The zero-order chi connectivity index (χ0) is 28.3. The molecule has 0 bridgehead atoms. The number of pyridine rings is 1. The summed E-state index contributed by atoms with van der Waals surface area (Å²) in [6.45, 7) is 2.00. The minimum absolute atomic E-state index is 0.00245. The highest BCUT2D eigenvalue weighted by molar-refractivity contribution is 6.00. The van der Waals surface area contributed by atoms with Gasteiger partial charge in [0.05, 0.1) is 11.1 Å². The van der Waals surface area contributed by atoms with E-state index in [-0.39, 0.29) is 28.5 Å². The molecule has 5 heterocycles. The van der Waals surface area contributed by atoms with E-state index in [1.807, 2.05) is 43.3 Å². The van der Waals surface area contributed by atoms with Gasteiger partial charge in [-0.2, -0.15) is 9.07 Å². The molecule has 2 unspecified atom stereocenters. The molecule has 10 nitrogen and oxygen atoms in total. The summed E-state index contributed by atoms with van der Waals surface area (Å²) in [4.78, 5) is 33.6. The maximum absolute atomic E-state index is 15.4. The number of hydrogen-bond donors (Lipinski definition) is 2. The summed E-state index contributed by atoms with van der Waals surface area (Å²) in [7, 11) is 0. The molecule has 1 spiro atoms. The molecule has 2 N–H and O–H groups in total. The van der Waals surface area contributed by atoms with Gasteiger partial charge in [0, 0.05) is 34.5 Å². The van der Waals surface area contributed by atoms with E-state index in [0.717, 1.165) is 57.7 Å². The third-order valence-electron chi connectivity index (χ3n) is 9.10. The maximum Gasteiger partial charge on any atom is 0.252 e. The number of carbonyl (C=O) groups is 1. The Kier molecular flexibility index (Phi) is 4.46. The van der Waals surface area contributed by atoms with Gasteiger partial charge in [0.25, 0.3) is 5.56 Å². The van der Waals surface area contributed by atoms with Crippen LogP contribution < -0.4 is 10.9 Å². The molecule has 42 heavy (non-hydrogen) atoms. The summed E-state index contributed by atoms with van der Waals surface area (Å²) >= 11 is 0. The molecule has 1 saturated carbocycles. The second-order valence-corrected chi connectivity index (χ2v) is 11.8. The number of hydrogen-bond acceptors (Lipinski definition) is 6. The third-order valence-corrected chi connectivity index (χ3v) is 9.10. The highest BCUT2D eigenvalue weighted by Gasteiger charge is 2.52. The summed E-state index contributed by atoms with van der Waals surface area (Å²) in [6, 6.07) is 14.6. The summed E-state index contributed by atoms with van der Waals surface area (Å²) in [5, 5.41) is 14.6. The monoisotopic (exact) mass is 558 g/mol. The van der Waals surface area contributed by atoms with Crippen molar-refractivity contribution in [2.24, 2.45) is 5.41 Å². The molecule has 0 saturated heterocycles. The van der Waals surface area contributed by atoms with Crippen LogP contribution in [0.5, 0.6) is 0 Å². The summed E-state index contributed by atoms with van der Waals surface area (Å²) < 4.78 is 18.7. The number of aryl methyl sites for hydroxylation is 1. The van der Waals surface area contributed by atoms with Crippen molar-refractivity contribution in [3.8, 4) is 28.1 Å². The first-order valence-corrected chi connectivity index (χ1v) is 13.9. The van der Waals surface area contributed by atoms with Crippen molar-refractivity contribution >= 4 is 11.6 Å². The zero-order valence-electron chi connectivity index (χ0n) is 22.4. The molecule has 3 aromatic heterocycles. The van der Waals surface area contributed by atoms with Gasteiger partial charge < -0.3 is 10.3 Å². The molecule has 9 rings (SSSR count). The molecular weight excluding hydrogens is 535 g/mol. The smallest absolute Gasteiger partial charge is 0.252 e. The molecule has 2 atom stereocenters. The number of rotatable bonds is 4. The maximum atomic E-state index is 15.4. The number of benzene rings is 2. The number of anilines is 1. The largest absolute Gasteiger partial charge is 0.337 e. The Hall–Kier alpha value is -5.19. The number of amides is 1. The average molecular weight is 559 g/mol. The van der Waals surface area contributed by atoms with E-state index in [9.17, 15) is 9.59 Å². The van der Waals surface area contributed by atoms with Crippen LogP contribution in [0.25, 0.3) is 28.1 Å². The predicted molar refractivity (Wildman–Crippen MR) is 151 cm³/mol. The molecule has 11 heteroatoms. The van der Waals surface area contributed by atoms with Crippen molar-refractivity contribution in [2.75, 3.05) is 5.32 Å². The molecule has 2 aliphatic heterocycles. The lowest BCUT2D eigenvalue weighted by Gasteiger charge is -2.24. The summed E-state index contributed by atoms with van der Waals surface area (Å²) in [5.74, 6) is -0.151. The van der Waals surface area contributed by atoms with E-state index in [4.69, 9.17) is 0 Å². The van der Waals surface area contributed by atoms with Crippen LogP contribution in [0.15, 0.2) is 71.3 Å². The van der Waals surface area contributed by atoms with Crippen molar-refractivity contribution in [1.29, 1.82) is 0 Å². The predicted octanol–water partition coefficient (Wildman–Crippen LogP) is 4.23. The number of halogens is 1. The van der Waals surface area contributed by atoms with Crippen LogP contribution >= 0.6 is 0 Å². The summed E-state index contributed by atoms with van der Waals surface area (Å²) in [6.07, 6.45) is 6.03. The Bertz CT molecular complexity index is 2090. The van der Waals surface area contributed by atoms with Crippen LogP contribution in [0.2, 0.25) is 0 Å². The summed E-state index contributed by atoms with van der Waals surface area (Å²) in [5.41, 5.74) is 7.50. The van der Waals surface area contributed by atoms with E-state index in [2.05, 4.69) is 36.9 Å². The van der Waals surface area contributed by atoms with Gasteiger partial charge in [-0.05, 0) is 83.6 Å². The molecule has 2 aromatic carbocycles. The standard InChI is InChI=1S/C31H23FN8O2/c1-15-2-5-23(39-14-33-37-38-39)19(8-15)17-10-24-20-12-21(20)27(40(24)25(41)11-17)29-35-26(28(32)36-29)16-3-4-22-18(9-16)13-31(6-7-31)30(42)34-22/h2-5,8-12,14,20,27H,6-7,13H2,1H3,(H,34,42)(H,35,36). The van der Waals surface area contributed by atoms with Crippen LogP contribution in [0, 0.1) is 18.3 Å². The number of fused-ring (bicyclic) bond motifs is 4. The zero-order valence-corrected chi connectivity index (χ0v) is 22.4. The highest BCUT2D eigenvalue weighted by Crippen LogP contribution is 2.55. The third kappa shape index (κ3) is 3.30. The van der Waals surface area contributed by atoms with E-state index >= 15 is 4.39 Å². The van der Waals surface area contributed by atoms with Crippen molar-refractivity contribution in [3.63, 3.8) is 0 Å². The lowest BCUT2D eigenvalue weighted by molar-refractivity contribution is -0.121. The molecule has 0 radical (unpaired) electrons. The number of tetrazole rings is 1. The quantitative estimate of drug-likeness (QED) is 0.318. The number of H-pyrrole nitrogens is 1. The number of aromatic amines is 1. The van der Waals surface area contributed by atoms with Crippen LogP contribution in [0.4, 0.5) is 10.1 Å². The van der Waals surface area contributed by atoms with Crippen molar-refractivity contribution in [2.45, 2.75) is 38.1 Å². The second-order valence-electron chi connectivity index (χ2n) is 11.8. The minimum atomic E-state index is -0.618. The molecule has 206 valence electrons. The first-order valence-electron chi connectivity index (χ1n) is 13.9. The van der Waals surface area contributed by atoms with Gasteiger partial charge in [0.2, 0.25) is 11.9 Å². The fourth-order valence-electron chi connectivity index (χ4n) is 6.68. The highest BCUT2D eigenvalue weighted by atomic mass is 19.1. The van der Waals surface area contributed by atoms with Crippen molar-refractivity contribution in [3.05, 3.63) is 105 Å². The fraction of sp³-hybridized carbons (Fsp3) is 0.226. The molecular formula is C31H23FN8O2. The minimum Gasteiger partial charge on any atom is -0.337 e. The van der Waals surface area contributed by atoms with Gasteiger partial charge in [-0.3, -0.25) is 14.2 Å². The number of imidazole rings is 1. The Morgan fingerprint density at radius 3 is 2.74 bits per heavy atom. The van der Waals surface area contributed by atoms with Gasteiger partial charge in [0.15, 0.2) is 0 Å². The average Bonchev–Trinajstić information content (AvgIpc) is 3.77. The van der Waals surface area contributed by atoms with Gasteiger partial charge >= 0.3 is 0 Å². The lowest BCUT2D eigenvalue weighted by atomic mass is 9.89. The van der Waals surface area contributed by atoms with Gasteiger partial charge in [-0.1, -0.05) is 23.8 Å². The van der Waals surface area contributed by atoms with Crippen LogP contribution in [-0.4, -0.2) is 40.6 Å². The molecule has 4 aliphatic rings. The first-order chi connectivity index (χ1) is 20.4. The topological polar surface area (TPSA) is 123 Å². The molecule has 2 aliphatic carbocycles. The van der Waals surface area contributed by atoms with Gasteiger partial charge in [-0.25, -0.2) is 4.98 Å². The number of allylic oxidation sites excluding steroid dienone is 2. The van der Waals surface area contributed by atoms with E-state index in [1.165, 1.54) is 6.33 Å². The van der Waals surface area contributed by atoms with Crippen molar-refractivity contribution in [1.82, 2.24) is 34.7 Å². The second kappa shape index (κ2) is 7.96. The van der Waals surface area contributed by atoms with Crippen LogP contribution in [0.3, 0.4) is 0 Å². The van der Waals surface area contributed by atoms with Crippen LogP contribution in [-0.2, 0) is 11.2 Å². The van der Waals surface area contributed by atoms with E-state index in [1.54, 1.807) is 21.4 Å². The first kappa shape index (κ1) is 23.5. The van der Waals surface area contributed by atoms with E-state index < -0.39 is 12.0 Å². The Morgan fingerprint density at radius 1 is 1.05 bits per heavy atom. The van der Waals surface area contributed by atoms with Crippen LogP contribution in [0.1, 0.15) is 47.4 Å². The van der Waals surface area contributed by atoms with Gasteiger partial charge in [0.1, 0.15) is 23.9 Å². The number of nitrogens with zero attached hydrogens (tertiary/aromatic N) is 6. The Morgan fingerprint density at radius 2 is 1.93 bits per heavy atom. The van der Waals surface area contributed by atoms with E-state index in [0.29, 0.717) is 17.8 Å². The molecule has 1 fully saturated rings. The molecule has 1 amide bonds. The van der Waals surface area contributed by atoms with Crippen molar-refractivity contribution < 1.29 is 9.18 Å². The SMILES string of the molecule is Cc1ccc(-n2cnnn2)c(-c2cc3n(c(=O)c2)C(c2nc(F)c(-c4ccc5c(c4)CC4(CC4)C(=O)N5)[nH]2)C2=CC23)c1. The normalized spacial score (nSPS) is 20.5. The molecule has 5 aromatic rings. The lowest BCUT2D eigenvalue weighted by Crippen LogP contribution is -2.31. The number of nitrogens with one attached hydrogen (secondary N) is 2. The van der Waals surface area contributed by atoms with Gasteiger partial charge in [-0.15, -0.1) is 5.10 Å². The number of carbonyl (C=O) groups excluding carboxylic acids is 1. The number of aromatic nitrogens is 7. The Labute approximate surface area is 237 Å².